The topological polar surface area (TPSA) is 72.3 Å². The van der Waals surface area contributed by atoms with Crippen LogP contribution in [0.4, 0.5) is 5.69 Å². The number of hydrogen-bond donors (Lipinski definition) is 3. The van der Waals surface area contributed by atoms with Gasteiger partial charge in [0.25, 0.3) is 0 Å². The van der Waals surface area contributed by atoms with Crippen LogP contribution < -0.4 is 11.5 Å². The van der Waals surface area contributed by atoms with Gasteiger partial charge < -0.3 is 16.6 Å². The number of benzene rings is 1. The largest absolute Gasteiger partial charge is 0.508 e. The Kier molecular flexibility index (Phi) is 6.89. The highest BCUT2D eigenvalue weighted by atomic mass is 35.5. The first-order valence-corrected chi connectivity index (χ1v) is 3.01. The summed E-state index contributed by atoms with van der Waals surface area (Å²) < 4.78 is 0. The molecule has 0 aliphatic rings. The summed E-state index contributed by atoms with van der Waals surface area (Å²) >= 11 is 0. The van der Waals surface area contributed by atoms with Crippen molar-refractivity contribution in [2.24, 2.45) is 5.73 Å². The lowest BCUT2D eigenvalue weighted by Crippen LogP contribution is -1.97. The van der Waals surface area contributed by atoms with E-state index in [1.807, 2.05) is 0 Å². The van der Waals surface area contributed by atoms with Gasteiger partial charge in [-0.1, -0.05) is 0 Å². The summed E-state index contributed by atoms with van der Waals surface area (Å²) in [6, 6.07) is 4.83. The maximum absolute atomic E-state index is 9.10. The summed E-state index contributed by atoms with van der Waals surface area (Å²) in [6.07, 6.45) is 0. The van der Waals surface area contributed by atoms with Crippen LogP contribution in [0.25, 0.3) is 0 Å². The second kappa shape index (κ2) is 5.94. The van der Waals surface area contributed by atoms with Crippen molar-refractivity contribution in [3.63, 3.8) is 0 Å². The highest BCUT2D eigenvalue weighted by Gasteiger charge is 1.96. The summed E-state index contributed by atoms with van der Waals surface area (Å²) in [6.45, 7) is 0.316. The Balaban J connectivity index is 0. The molecule has 0 unspecified atom stereocenters. The average Bonchev–Trinajstić information content (AvgIpc) is 1.94. The predicted molar refractivity (Wildman–Crippen MR) is 54.9 cm³/mol. The molecular weight excluding hydrogens is 199 g/mol. The first kappa shape index (κ1) is 13.9. The molecule has 0 spiro atoms. The molecule has 0 saturated heterocycles. The normalized spacial score (nSPS) is 8.08. The van der Waals surface area contributed by atoms with Gasteiger partial charge in [-0.05, 0) is 18.2 Å². The molecule has 5 N–H and O–H groups in total. The highest BCUT2D eigenvalue weighted by Crippen LogP contribution is 2.18. The van der Waals surface area contributed by atoms with E-state index in [4.69, 9.17) is 16.6 Å². The number of hydrogen-bond acceptors (Lipinski definition) is 3. The van der Waals surface area contributed by atoms with Crippen LogP contribution in [0.1, 0.15) is 5.56 Å². The number of phenolic OH excluding ortho intramolecular Hbond substituents is 1. The van der Waals surface area contributed by atoms with Crippen LogP contribution in [0.15, 0.2) is 18.2 Å². The lowest BCUT2D eigenvalue weighted by Gasteiger charge is -2.00. The molecule has 0 amide bonds. The molecule has 1 aromatic rings. The molecule has 0 atom stereocenters. The van der Waals surface area contributed by atoms with E-state index in [1.165, 1.54) is 6.07 Å². The minimum Gasteiger partial charge on any atom is -0.508 e. The summed E-state index contributed by atoms with van der Waals surface area (Å²) in [5.74, 6) is 0.205. The number of phenols is 1. The van der Waals surface area contributed by atoms with E-state index < -0.39 is 0 Å². The van der Waals surface area contributed by atoms with Crippen molar-refractivity contribution in [3.05, 3.63) is 23.8 Å². The smallest absolute Gasteiger partial charge is 0.120 e. The minimum atomic E-state index is 0. The molecule has 0 bridgehead atoms. The summed E-state index contributed by atoms with van der Waals surface area (Å²) in [5, 5.41) is 9.10. The molecule has 0 heterocycles. The molecule has 0 fully saturated rings. The van der Waals surface area contributed by atoms with Crippen LogP contribution in [0.2, 0.25) is 0 Å². The number of anilines is 1. The van der Waals surface area contributed by atoms with Gasteiger partial charge in [-0.3, -0.25) is 0 Å². The average molecular weight is 211 g/mol. The van der Waals surface area contributed by atoms with Crippen LogP contribution in [0.5, 0.6) is 5.75 Å². The first-order valence-electron chi connectivity index (χ1n) is 3.01. The van der Waals surface area contributed by atoms with Gasteiger partial charge in [-0.2, -0.15) is 0 Å². The van der Waals surface area contributed by atoms with Crippen LogP contribution in [-0.4, -0.2) is 5.11 Å². The summed E-state index contributed by atoms with van der Waals surface area (Å²) in [4.78, 5) is 0. The van der Waals surface area contributed by atoms with E-state index in [-0.39, 0.29) is 30.6 Å². The lowest BCUT2D eigenvalue weighted by molar-refractivity contribution is 0.468. The van der Waals surface area contributed by atoms with Gasteiger partial charge in [-0.25, -0.2) is 0 Å². The zero-order valence-corrected chi connectivity index (χ0v) is 7.99. The summed E-state index contributed by atoms with van der Waals surface area (Å²) in [5.41, 5.74) is 12.0. The molecule has 0 aromatic heterocycles. The molecule has 1 aromatic carbocycles. The fraction of sp³-hybridized carbons (Fsp3) is 0.143. The van der Waals surface area contributed by atoms with E-state index in [2.05, 4.69) is 0 Å². The maximum Gasteiger partial charge on any atom is 0.120 e. The van der Waals surface area contributed by atoms with Gasteiger partial charge in [0.05, 0.1) is 0 Å². The molecule has 1 rings (SSSR count). The second-order valence-electron chi connectivity index (χ2n) is 2.09. The van der Waals surface area contributed by atoms with E-state index in [9.17, 15) is 0 Å². The van der Waals surface area contributed by atoms with Crippen molar-refractivity contribution in [2.75, 3.05) is 5.73 Å². The van der Waals surface area contributed by atoms with Crippen LogP contribution in [-0.2, 0) is 6.54 Å². The lowest BCUT2D eigenvalue weighted by atomic mass is 10.2. The number of nitrogen functional groups attached to an aromatic ring is 1. The Morgan fingerprint density at radius 1 is 1.25 bits per heavy atom. The first-order chi connectivity index (χ1) is 4.74. The van der Waals surface area contributed by atoms with Crippen LogP contribution in [0.3, 0.4) is 0 Å². The quantitative estimate of drug-likeness (QED) is 0.483. The Morgan fingerprint density at radius 2 is 1.83 bits per heavy atom. The van der Waals surface area contributed by atoms with Gasteiger partial charge in [-0.15, -0.1) is 24.8 Å². The maximum atomic E-state index is 9.10. The molecule has 3 nitrogen and oxygen atoms in total. The number of halogens is 2. The van der Waals surface area contributed by atoms with Crippen molar-refractivity contribution in [3.8, 4) is 5.75 Å². The van der Waals surface area contributed by atoms with E-state index in [0.29, 0.717) is 17.8 Å². The Morgan fingerprint density at radius 3 is 2.25 bits per heavy atom. The molecular formula is C7H12Cl2N2O. The molecule has 0 saturated carbocycles. The van der Waals surface area contributed by atoms with Crippen LogP contribution >= 0.6 is 24.8 Å². The summed E-state index contributed by atoms with van der Waals surface area (Å²) in [7, 11) is 0. The zero-order valence-electron chi connectivity index (χ0n) is 6.36. The van der Waals surface area contributed by atoms with Gasteiger partial charge in [0, 0.05) is 17.8 Å². The Bertz CT molecular complexity index is 243. The van der Waals surface area contributed by atoms with E-state index in [1.54, 1.807) is 12.1 Å². The van der Waals surface area contributed by atoms with Crippen molar-refractivity contribution in [2.45, 2.75) is 6.54 Å². The third kappa shape index (κ3) is 3.17. The molecule has 0 radical (unpaired) electrons. The third-order valence-corrected chi connectivity index (χ3v) is 1.32. The van der Waals surface area contributed by atoms with Crippen molar-refractivity contribution in [1.82, 2.24) is 0 Å². The van der Waals surface area contributed by atoms with E-state index in [0.717, 1.165) is 0 Å². The Hall–Kier alpha value is -0.640. The predicted octanol–water partition coefficient (Wildman–Crippen LogP) is 1.28. The fourth-order valence-electron chi connectivity index (χ4n) is 0.769. The highest BCUT2D eigenvalue weighted by molar-refractivity contribution is 5.85. The molecule has 12 heavy (non-hydrogen) atoms. The van der Waals surface area contributed by atoms with Gasteiger partial charge >= 0.3 is 0 Å². The second-order valence-corrected chi connectivity index (χ2v) is 2.09. The molecule has 0 aliphatic carbocycles. The van der Waals surface area contributed by atoms with Gasteiger partial charge in [0.2, 0.25) is 0 Å². The molecule has 0 aliphatic heterocycles. The number of nitrogens with two attached hydrogens (primary N) is 2. The standard InChI is InChI=1S/C7H10N2O.2ClH/c8-4-5-3-6(9)1-2-7(5)10;;/h1-3,10H,4,8-9H2;2*1H. The monoisotopic (exact) mass is 210 g/mol. The third-order valence-electron chi connectivity index (χ3n) is 1.32. The SMILES string of the molecule is Cl.Cl.NCc1cc(N)ccc1O. The zero-order chi connectivity index (χ0) is 7.56. The van der Waals surface area contributed by atoms with Crippen molar-refractivity contribution < 1.29 is 5.11 Å². The van der Waals surface area contributed by atoms with Crippen molar-refractivity contribution in [1.29, 1.82) is 0 Å². The molecule has 70 valence electrons. The number of aromatic hydroxyl groups is 1. The van der Waals surface area contributed by atoms with Gasteiger partial charge in [0.15, 0.2) is 0 Å². The molecule has 5 heteroatoms. The van der Waals surface area contributed by atoms with E-state index >= 15 is 0 Å². The van der Waals surface area contributed by atoms with Gasteiger partial charge in [0.1, 0.15) is 5.75 Å². The Labute approximate surface area is 83.6 Å². The van der Waals surface area contributed by atoms with Crippen LogP contribution in [0, 0.1) is 0 Å². The van der Waals surface area contributed by atoms with Crippen molar-refractivity contribution >= 4 is 30.5 Å². The minimum absolute atomic E-state index is 0. The fourth-order valence-corrected chi connectivity index (χ4v) is 0.769. The number of rotatable bonds is 1.